The Hall–Kier alpha value is -1.62. The summed E-state index contributed by atoms with van der Waals surface area (Å²) in [7, 11) is 3.42. The first kappa shape index (κ1) is 11.5. The molecule has 82 valence electrons. The Labute approximate surface area is 88.9 Å². The first-order valence-corrected chi connectivity index (χ1v) is 4.73. The molecule has 1 rings (SSSR count). The largest absolute Gasteiger partial charge is 0.492 e. The second-order valence-corrected chi connectivity index (χ2v) is 2.91. The van der Waals surface area contributed by atoms with Gasteiger partial charge in [-0.05, 0) is 13.1 Å². The molecule has 0 radical (unpaired) electrons. The van der Waals surface area contributed by atoms with Crippen LogP contribution >= 0.6 is 0 Å². The van der Waals surface area contributed by atoms with Crippen molar-refractivity contribution in [3.63, 3.8) is 0 Å². The number of rotatable bonds is 5. The van der Waals surface area contributed by atoms with Crippen molar-refractivity contribution in [3.8, 4) is 5.75 Å². The highest BCUT2D eigenvalue weighted by molar-refractivity contribution is 5.92. The molecule has 5 heteroatoms. The topological polar surface area (TPSA) is 63.2 Å². The van der Waals surface area contributed by atoms with Gasteiger partial charge in [0.2, 0.25) is 0 Å². The number of ether oxygens (including phenoxy) is 1. The third kappa shape index (κ3) is 3.55. The van der Waals surface area contributed by atoms with Crippen molar-refractivity contribution in [1.82, 2.24) is 15.6 Å². The van der Waals surface area contributed by atoms with Crippen LogP contribution < -0.4 is 15.4 Å². The highest BCUT2D eigenvalue weighted by Gasteiger charge is 2.05. The highest BCUT2D eigenvalue weighted by Crippen LogP contribution is 2.10. The molecule has 0 aromatic carbocycles. The van der Waals surface area contributed by atoms with E-state index in [0.29, 0.717) is 18.1 Å². The zero-order valence-corrected chi connectivity index (χ0v) is 8.91. The van der Waals surface area contributed by atoms with Gasteiger partial charge in [-0.25, -0.2) is 0 Å². The summed E-state index contributed by atoms with van der Waals surface area (Å²) in [4.78, 5) is 15.2. The maximum atomic E-state index is 11.3. The Morgan fingerprint density at radius 1 is 1.53 bits per heavy atom. The molecule has 1 heterocycles. The zero-order chi connectivity index (χ0) is 11.1. The predicted octanol–water partition coefficient (Wildman–Crippen LogP) is 0.0394. The molecule has 5 nitrogen and oxygen atoms in total. The standard InChI is InChI=1S/C10H15N3O2/c1-11-5-6-15-8-3-4-13-9(7-8)10(14)12-2/h3-4,7,11H,5-6H2,1-2H3,(H,12,14). The van der Waals surface area contributed by atoms with Crippen LogP contribution in [0.3, 0.4) is 0 Å². The Kier molecular flexibility index (Phi) is 4.56. The van der Waals surface area contributed by atoms with Crippen molar-refractivity contribution in [3.05, 3.63) is 24.0 Å². The van der Waals surface area contributed by atoms with Gasteiger partial charge in [0.05, 0.1) is 0 Å². The summed E-state index contributed by atoms with van der Waals surface area (Å²) >= 11 is 0. The normalized spacial score (nSPS) is 9.73. The molecule has 1 aromatic rings. The molecule has 2 N–H and O–H groups in total. The number of pyridine rings is 1. The van der Waals surface area contributed by atoms with Crippen LogP contribution in [0.25, 0.3) is 0 Å². The van der Waals surface area contributed by atoms with Crippen LogP contribution in [0.5, 0.6) is 5.75 Å². The number of nitrogens with zero attached hydrogens (tertiary/aromatic N) is 1. The van der Waals surface area contributed by atoms with Crippen LogP contribution in [-0.2, 0) is 0 Å². The van der Waals surface area contributed by atoms with E-state index in [2.05, 4.69) is 15.6 Å². The molecule has 0 aliphatic heterocycles. The number of carbonyl (C=O) groups excluding carboxylic acids is 1. The van der Waals surface area contributed by atoms with Gasteiger partial charge >= 0.3 is 0 Å². The van der Waals surface area contributed by atoms with Gasteiger partial charge in [-0.3, -0.25) is 9.78 Å². The average molecular weight is 209 g/mol. The number of likely N-dealkylation sites (N-methyl/N-ethyl adjacent to an activating group) is 1. The summed E-state index contributed by atoms with van der Waals surface area (Å²) in [6.07, 6.45) is 1.55. The van der Waals surface area contributed by atoms with E-state index in [-0.39, 0.29) is 5.91 Å². The quantitative estimate of drug-likeness (QED) is 0.672. The van der Waals surface area contributed by atoms with Crippen molar-refractivity contribution in [2.24, 2.45) is 0 Å². The van der Waals surface area contributed by atoms with Crippen LogP contribution in [0.1, 0.15) is 10.5 Å². The molecule has 0 aliphatic rings. The van der Waals surface area contributed by atoms with Crippen LogP contribution in [-0.4, -0.2) is 38.1 Å². The first-order chi connectivity index (χ1) is 7.27. The fourth-order valence-corrected chi connectivity index (χ4v) is 1.02. The lowest BCUT2D eigenvalue weighted by atomic mass is 10.3. The lowest BCUT2D eigenvalue weighted by Gasteiger charge is -2.06. The van der Waals surface area contributed by atoms with E-state index in [0.717, 1.165) is 6.54 Å². The SMILES string of the molecule is CNCCOc1ccnc(C(=O)NC)c1. The van der Waals surface area contributed by atoms with Gasteiger partial charge in [-0.2, -0.15) is 0 Å². The molecule has 0 saturated carbocycles. The van der Waals surface area contributed by atoms with E-state index in [1.807, 2.05) is 7.05 Å². The minimum absolute atomic E-state index is 0.214. The fraction of sp³-hybridized carbons (Fsp3) is 0.400. The van der Waals surface area contributed by atoms with Gasteiger partial charge < -0.3 is 15.4 Å². The summed E-state index contributed by atoms with van der Waals surface area (Å²) in [5, 5.41) is 5.47. The van der Waals surface area contributed by atoms with Crippen molar-refractivity contribution >= 4 is 5.91 Å². The zero-order valence-electron chi connectivity index (χ0n) is 8.91. The van der Waals surface area contributed by atoms with Crippen LogP contribution in [0.15, 0.2) is 18.3 Å². The highest BCUT2D eigenvalue weighted by atomic mass is 16.5. The molecule has 0 fully saturated rings. The first-order valence-electron chi connectivity index (χ1n) is 4.73. The second-order valence-electron chi connectivity index (χ2n) is 2.91. The Morgan fingerprint density at radius 3 is 3.00 bits per heavy atom. The van der Waals surface area contributed by atoms with Gasteiger partial charge in [-0.15, -0.1) is 0 Å². The monoisotopic (exact) mass is 209 g/mol. The summed E-state index contributed by atoms with van der Waals surface area (Å²) in [6.45, 7) is 1.32. The predicted molar refractivity (Wildman–Crippen MR) is 57.0 cm³/mol. The van der Waals surface area contributed by atoms with Crippen LogP contribution in [0.2, 0.25) is 0 Å². The minimum atomic E-state index is -0.214. The smallest absolute Gasteiger partial charge is 0.269 e. The van der Waals surface area contributed by atoms with Crippen LogP contribution in [0, 0.1) is 0 Å². The van der Waals surface area contributed by atoms with Crippen molar-refractivity contribution in [2.75, 3.05) is 27.2 Å². The molecular weight excluding hydrogens is 194 g/mol. The number of carbonyl (C=O) groups is 1. The number of aromatic nitrogens is 1. The van der Waals surface area contributed by atoms with Crippen molar-refractivity contribution in [1.29, 1.82) is 0 Å². The summed E-state index contributed by atoms with van der Waals surface area (Å²) in [5.74, 6) is 0.438. The van der Waals surface area contributed by atoms with E-state index in [1.54, 1.807) is 25.4 Å². The van der Waals surface area contributed by atoms with Crippen LogP contribution in [0.4, 0.5) is 0 Å². The average Bonchev–Trinajstić information content (AvgIpc) is 2.29. The van der Waals surface area contributed by atoms with Gasteiger partial charge in [0.15, 0.2) is 0 Å². The Bertz CT molecular complexity index is 328. The number of amides is 1. The fourth-order valence-electron chi connectivity index (χ4n) is 1.02. The minimum Gasteiger partial charge on any atom is -0.492 e. The van der Waals surface area contributed by atoms with E-state index in [9.17, 15) is 4.79 Å². The number of hydrogen-bond acceptors (Lipinski definition) is 4. The molecular formula is C10H15N3O2. The summed E-state index contributed by atoms with van der Waals surface area (Å²) in [5.41, 5.74) is 0.361. The van der Waals surface area contributed by atoms with E-state index < -0.39 is 0 Å². The number of nitrogens with one attached hydrogen (secondary N) is 2. The van der Waals surface area contributed by atoms with Gasteiger partial charge in [-0.1, -0.05) is 0 Å². The molecule has 0 spiro atoms. The summed E-state index contributed by atoms with van der Waals surface area (Å²) < 4.78 is 5.40. The maximum absolute atomic E-state index is 11.3. The molecule has 0 saturated heterocycles. The second kappa shape index (κ2) is 5.98. The van der Waals surface area contributed by atoms with Gasteiger partial charge in [0, 0.05) is 25.9 Å². The maximum Gasteiger partial charge on any atom is 0.269 e. The molecule has 0 atom stereocenters. The molecule has 1 aromatic heterocycles. The van der Waals surface area contributed by atoms with Gasteiger partial charge in [0.25, 0.3) is 5.91 Å². The van der Waals surface area contributed by atoms with E-state index in [1.165, 1.54) is 0 Å². The molecule has 15 heavy (non-hydrogen) atoms. The molecule has 0 unspecified atom stereocenters. The molecule has 0 bridgehead atoms. The lowest BCUT2D eigenvalue weighted by Crippen LogP contribution is -2.19. The Morgan fingerprint density at radius 2 is 2.33 bits per heavy atom. The van der Waals surface area contributed by atoms with Crippen molar-refractivity contribution in [2.45, 2.75) is 0 Å². The third-order valence-electron chi connectivity index (χ3n) is 1.81. The van der Waals surface area contributed by atoms with Crippen molar-refractivity contribution < 1.29 is 9.53 Å². The number of hydrogen-bond donors (Lipinski definition) is 2. The summed E-state index contributed by atoms with van der Waals surface area (Å²) in [6, 6.07) is 3.34. The molecule has 1 amide bonds. The van der Waals surface area contributed by atoms with E-state index >= 15 is 0 Å². The van der Waals surface area contributed by atoms with Gasteiger partial charge in [0.1, 0.15) is 18.1 Å². The molecule has 0 aliphatic carbocycles. The Balaban J connectivity index is 2.62. The lowest BCUT2D eigenvalue weighted by molar-refractivity contribution is 0.0957. The van der Waals surface area contributed by atoms with E-state index in [4.69, 9.17) is 4.74 Å². The third-order valence-corrected chi connectivity index (χ3v) is 1.81.